The summed E-state index contributed by atoms with van der Waals surface area (Å²) in [6.45, 7) is 9.18. The first kappa shape index (κ1) is 17.3. The molecule has 1 amide bonds. The Morgan fingerprint density at radius 1 is 1.23 bits per heavy atom. The summed E-state index contributed by atoms with van der Waals surface area (Å²) in [6, 6.07) is 9.05. The SMILES string of the molecule is Cc1nc(-c2cccc(C(=O)N3CC(N4CCCC[C@H]4C)C3)c2)c(C)[nH]1. The van der Waals surface area contributed by atoms with Gasteiger partial charge in [-0.15, -0.1) is 0 Å². The van der Waals surface area contributed by atoms with Crippen LogP contribution in [0.4, 0.5) is 0 Å². The minimum absolute atomic E-state index is 0.137. The van der Waals surface area contributed by atoms with Crippen LogP contribution in [0.2, 0.25) is 0 Å². The molecule has 2 aliphatic heterocycles. The number of nitrogens with zero attached hydrogens (tertiary/aromatic N) is 3. The quantitative estimate of drug-likeness (QED) is 0.921. The van der Waals surface area contributed by atoms with E-state index in [-0.39, 0.29) is 5.91 Å². The average Bonchev–Trinajstić information content (AvgIpc) is 2.93. The molecule has 138 valence electrons. The number of nitrogens with one attached hydrogen (secondary N) is 1. The number of imidazole rings is 1. The summed E-state index contributed by atoms with van der Waals surface area (Å²) in [7, 11) is 0. The summed E-state index contributed by atoms with van der Waals surface area (Å²) in [6.07, 6.45) is 3.92. The van der Waals surface area contributed by atoms with Gasteiger partial charge in [-0.25, -0.2) is 4.98 Å². The van der Waals surface area contributed by atoms with Crippen molar-refractivity contribution in [3.05, 3.63) is 41.3 Å². The number of carbonyl (C=O) groups is 1. The Kier molecular flexibility index (Phi) is 4.57. The van der Waals surface area contributed by atoms with Crippen molar-refractivity contribution in [2.24, 2.45) is 0 Å². The predicted octanol–water partition coefficient (Wildman–Crippen LogP) is 3.39. The molecule has 0 aliphatic carbocycles. The summed E-state index contributed by atoms with van der Waals surface area (Å²) in [5.41, 5.74) is 3.73. The van der Waals surface area contributed by atoms with Crippen LogP contribution in [0.15, 0.2) is 24.3 Å². The predicted molar refractivity (Wildman–Crippen MR) is 103 cm³/mol. The Morgan fingerprint density at radius 3 is 2.73 bits per heavy atom. The van der Waals surface area contributed by atoms with E-state index >= 15 is 0 Å². The molecule has 26 heavy (non-hydrogen) atoms. The zero-order valence-corrected chi connectivity index (χ0v) is 16.0. The first-order chi connectivity index (χ1) is 12.5. The van der Waals surface area contributed by atoms with Crippen molar-refractivity contribution < 1.29 is 4.79 Å². The number of hydrogen-bond donors (Lipinski definition) is 1. The minimum atomic E-state index is 0.137. The van der Waals surface area contributed by atoms with Crippen LogP contribution in [0, 0.1) is 13.8 Å². The molecule has 2 aromatic rings. The molecule has 0 saturated carbocycles. The van der Waals surface area contributed by atoms with Crippen LogP contribution < -0.4 is 0 Å². The number of H-pyrrole nitrogens is 1. The number of hydrogen-bond acceptors (Lipinski definition) is 3. The molecule has 0 bridgehead atoms. The zero-order valence-electron chi connectivity index (χ0n) is 16.0. The third kappa shape index (κ3) is 3.16. The van der Waals surface area contributed by atoms with E-state index in [1.807, 2.05) is 43.0 Å². The number of aromatic amines is 1. The Morgan fingerprint density at radius 2 is 2.04 bits per heavy atom. The van der Waals surface area contributed by atoms with E-state index in [4.69, 9.17) is 0 Å². The molecule has 5 heteroatoms. The topological polar surface area (TPSA) is 52.2 Å². The van der Waals surface area contributed by atoms with E-state index < -0.39 is 0 Å². The third-order valence-electron chi connectivity index (χ3n) is 5.86. The fourth-order valence-electron chi connectivity index (χ4n) is 4.37. The number of piperidine rings is 1. The highest BCUT2D eigenvalue weighted by Gasteiger charge is 2.37. The van der Waals surface area contributed by atoms with Gasteiger partial charge in [-0.2, -0.15) is 0 Å². The van der Waals surface area contributed by atoms with Crippen molar-refractivity contribution in [3.63, 3.8) is 0 Å². The molecule has 0 unspecified atom stereocenters. The normalized spacial score (nSPS) is 21.7. The number of rotatable bonds is 3. The van der Waals surface area contributed by atoms with Gasteiger partial charge >= 0.3 is 0 Å². The Bertz CT molecular complexity index is 806. The molecule has 3 heterocycles. The molecule has 1 N–H and O–H groups in total. The maximum absolute atomic E-state index is 12.9. The van der Waals surface area contributed by atoms with Gasteiger partial charge in [0.15, 0.2) is 0 Å². The Labute approximate surface area is 155 Å². The fraction of sp³-hybridized carbons (Fsp3) is 0.524. The Hall–Kier alpha value is -2.14. The highest BCUT2D eigenvalue weighted by molar-refractivity contribution is 5.96. The first-order valence-electron chi connectivity index (χ1n) is 9.71. The Balaban J connectivity index is 1.45. The second kappa shape index (κ2) is 6.88. The third-order valence-corrected chi connectivity index (χ3v) is 5.86. The molecule has 5 nitrogen and oxygen atoms in total. The number of likely N-dealkylation sites (tertiary alicyclic amines) is 2. The molecule has 0 spiro atoms. The van der Waals surface area contributed by atoms with E-state index in [1.54, 1.807) is 0 Å². The van der Waals surface area contributed by atoms with Crippen molar-refractivity contribution in [2.75, 3.05) is 19.6 Å². The molecule has 4 rings (SSSR count). The molecule has 1 aromatic heterocycles. The lowest BCUT2D eigenvalue weighted by molar-refractivity contribution is 0.00213. The van der Waals surface area contributed by atoms with E-state index in [1.165, 1.54) is 25.8 Å². The second-order valence-electron chi connectivity index (χ2n) is 7.82. The van der Waals surface area contributed by atoms with Crippen LogP contribution in [0.1, 0.15) is 48.1 Å². The minimum Gasteiger partial charge on any atom is -0.346 e. The first-order valence-corrected chi connectivity index (χ1v) is 9.71. The van der Waals surface area contributed by atoms with E-state index in [0.717, 1.165) is 41.4 Å². The van der Waals surface area contributed by atoms with Gasteiger partial charge in [0, 0.05) is 42.0 Å². The number of benzene rings is 1. The highest BCUT2D eigenvalue weighted by atomic mass is 16.2. The van der Waals surface area contributed by atoms with Gasteiger partial charge in [0.25, 0.3) is 5.91 Å². The monoisotopic (exact) mass is 352 g/mol. The van der Waals surface area contributed by atoms with Gasteiger partial charge in [-0.05, 0) is 52.3 Å². The van der Waals surface area contributed by atoms with Crippen molar-refractivity contribution >= 4 is 5.91 Å². The van der Waals surface area contributed by atoms with Crippen LogP contribution in [-0.2, 0) is 0 Å². The van der Waals surface area contributed by atoms with Crippen LogP contribution in [0.25, 0.3) is 11.3 Å². The van der Waals surface area contributed by atoms with Gasteiger partial charge in [0.2, 0.25) is 0 Å². The lowest BCUT2D eigenvalue weighted by atomic mass is 9.96. The standard InChI is InChI=1S/C21H28N4O/c1-14-7-4-5-10-25(14)19-12-24(13-19)21(26)18-9-6-8-17(11-18)20-15(2)22-16(3)23-20/h6,8-9,11,14,19H,4-5,7,10,12-13H2,1-3H3,(H,22,23)/t14-/m1/s1. The lowest BCUT2D eigenvalue weighted by Gasteiger charge is -2.49. The maximum Gasteiger partial charge on any atom is 0.253 e. The fourth-order valence-corrected chi connectivity index (χ4v) is 4.37. The lowest BCUT2D eigenvalue weighted by Crippen LogP contribution is -2.63. The van der Waals surface area contributed by atoms with Crippen LogP contribution >= 0.6 is 0 Å². The molecule has 2 saturated heterocycles. The average molecular weight is 352 g/mol. The van der Waals surface area contributed by atoms with Crippen LogP contribution in [0.5, 0.6) is 0 Å². The summed E-state index contributed by atoms with van der Waals surface area (Å²) in [4.78, 5) is 25.3. The number of aryl methyl sites for hydroxylation is 2. The summed E-state index contributed by atoms with van der Waals surface area (Å²) >= 11 is 0. The molecular formula is C21H28N4O. The largest absolute Gasteiger partial charge is 0.346 e. The van der Waals surface area contributed by atoms with E-state index in [0.29, 0.717) is 12.1 Å². The smallest absolute Gasteiger partial charge is 0.253 e. The molecule has 1 aromatic carbocycles. The van der Waals surface area contributed by atoms with Crippen LogP contribution in [-0.4, -0.2) is 57.4 Å². The van der Waals surface area contributed by atoms with Gasteiger partial charge in [-0.3, -0.25) is 9.69 Å². The number of amides is 1. The number of carbonyl (C=O) groups excluding carboxylic acids is 1. The van der Waals surface area contributed by atoms with Crippen molar-refractivity contribution in [1.82, 2.24) is 19.8 Å². The van der Waals surface area contributed by atoms with Crippen molar-refractivity contribution in [3.8, 4) is 11.3 Å². The zero-order chi connectivity index (χ0) is 18.3. The summed E-state index contributed by atoms with van der Waals surface area (Å²) in [5, 5.41) is 0. The van der Waals surface area contributed by atoms with Gasteiger partial charge in [-0.1, -0.05) is 18.6 Å². The highest BCUT2D eigenvalue weighted by Crippen LogP contribution is 2.27. The molecule has 0 radical (unpaired) electrons. The summed E-state index contributed by atoms with van der Waals surface area (Å²) in [5.74, 6) is 1.04. The van der Waals surface area contributed by atoms with Gasteiger partial charge < -0.3 is 9.88 Å². The van der Waals surface area contributed by atoms with Gasteiger partial charge in [0.05, 0.1) is 5.69 Å². The summed E-state index contributed by atoms with van der Waals surface area (Å²) < 4.78 is 0. The van der Waals surface area contributed by atoms with Gasteiger partial charge in [0.1, 0.15) is 5.82 Å². The maximum atomic E-state index is 12.9. The molecule has 1 atom stereocenters. The number of aromatic nitrogens is 2. The van der Waals surface area contributed by atoms with E-state index in [2.05, 4.69) is 21.8 Å². The molecular weight excluding hydrogens is 324 g/mol. The second-order valence-corrected chi connectivity index (χ2v) is 7.82. The molecule has 2 fully saturated rings. The van der Waals surface area contributed by atoms with Crippen molar-refractivity contribution in [2.45, 2.75) is 52.1 Å². The van der Waals surface area contributed by atoms with E-state index in [9.17, 15) is 4.79 Å². The van der Waals surface area contributed by atoms with Crippen molar-refractivity contribution in [1.29, 1.82) is 0 Å². The molecule has 2 aliphatic rings. The van der Waals surface area contributed by atoms with Crippen LogP contribution in [0.3, 0.4) is 0 Å².